The Balaban J connectivity index is 3.03. The van der Waals surface area contributed by atoms with E-state index in [1.54, 1.807) is 20.1 Å². The standard InChI is InChI=1S/C12H18ClNO3/c1-8(15)7-17-12-9(6-14-2)4-10(13)5-11(12)16-3/h4-5,8,14-15H,6-7H2,1-3H3. The Morgan fingerprint density at radius 3 is 2.71 bits per heavy atom. The van der Waals surface area contributed by atoms with Gasteiger partial charge in [0.2, 0.25) is 0 Å². The topological polar surface area (TPSA) is 50.7 Å². The van der Waals surface area contributed by atoms with Gasteiger partial charge in [0.1, 0.15) is 6.61 Å². The number of rotatable bonds is 6. The Labute approximate surface area is 106 Å². The third kappa shape index (κ3) is 4.07. The number of aliphatic hydroxyl groups excluding tert-OH is 1. The zero-order valence-corrected chi connectivity index (χ0v) is 11.0. The molecule has 2 N–H and O–H groups in total. The Bertz CT molecular complexity index is 369. The molecule has 0 fully saturated rings. The minimum absolute atomic E-state index is 0.217. The van der Waals surface area contributed by atoms with Gasteiger partial charge in [-0.15, -0.1) is 0 Å². The zero-order valence-electron chi connectivity index (χ0n) is 10.3. The fourth-order valence-corrected chi connectivity index (χ4v) is 1.69. The molecule has 96 valence electrons. The van der Waals surface area contributed by atoms with Gasteiger partial charge in [-0.1, -0.05) is 11.6 Å². The van der Waals surface area contributed by atoms with Gasteiger partial charge in [-0.2, -0.15) is 0 Å². The summed E-state index contributed by atoms with van der Waals surface area (Å²) in [6.07, 6.45) is -0.530. The van der Waals surface area contributed by atoms with E-state index >= 15 is 0 Å². The molecule has 17 heavy (non-hydrogen) atoms. The molecule has 1 rings (SSSR count). The SMILES string of the molecule is CNCc1cc(Cl)cc(OC)c1OCC(C)O. The van der Waals surface area contributed by atoms with E-state index in [2.05, 4.69) is 5.32 Å². The van der Waals surface area contributed by atoms with E-state index in [1.807, 2.05) is 13.1 Å². The van der Waals surface area contributed by atoms with E-state index in [9.17, 15) is 5.11 Å². The van der Waals surface area contributed by atoms with E-state index in [0.717, 1.165) is 5.56 Å². The van der Waals surface area contributed by atoms with Crippen LogP contribution in [0.4, 0.5) is 0 Å². The molecule has 0 spiro atoms. The largest absolute Gasteiger partial charge is 0.493 e. The molecule has 1 aromatic rings. The lowest BCUT2D eigenvalue weighted by Crippen LogP contribution is -2.15. The van der Waals surface area contributed by atoms with Crippen LogP contribution in [0.1, 0.15) is 12.5 Å². The van der Waals surface area contributed by atoms with Gasteiger partial charge in [-0.05, 0) is 20.0 Å². The van der Waals surface area contributed by atoms with Gasteiger partial charge >= 0.3 is 0 Å². The highest BCUT2D eigenvalue weighted by molar-refractivity contribution is 6.30. The summed E-state index contributed by atoms with van der Waals surface area (Å²) < 4.78 is 10.8. The van der Waals surface area contributed by atoms with Crippen LogP contribution >= 0.6 is 11.6 Å². The third-order valence-electron chi connectivity index (χ3n) is 2.15. The van der Waals surface area contributed by atoms with Crippen LogP contribution in [0.25, 0.3) is 0 Å². The number of hydrogen-bond acceptors (Lipinski definition) is 4. The predicted octanol–water partition coefficient (Wildman–Crippen LogP) is 1.83. The minimum atomic E-state index is -0.530. The highest BCUT2D eigenvalue weighted by Gasteiger charge is 2.13. The van der Waals surface area contributed by atoms with Gasteiger partial charge in [0.25, 0.3) is 0 Å². The highest BCUT2D eigenvalue weighted by atomic mass is 35.5. The number of halogens is 1. The Morgan fingerprint density at radius 2 is 2.18 bits per heavy atom. The van der Waals surface area contributed by atoms with Crippen LogP contribution in [0.2, 0.25) is 5.02 Å². The quantitative estimate of drug-likeness (QED) is 0.818. The Hall–Kier alpha value is -0.970. The van der Waals surface area contributed by atoms with E-state index in [0.29, 0.717) is 23.1 Å². The predicted molar refractivity (Wildman–Crippen MR) is 67.9 cm³/mol. The second kappa shape index (κ2) is 6.69. The number of nitrogens with one attached hydrogen (secondary N) is 1. The van der Waals surface area contributed by atoms with E-state index in [4.69, 9.17) is 21.1 Å². The average Bonchev–Trinajstić information content (AvgIpc) is 2.27. The van der Waals surface area contributed by atoms with Crippen molar-refractivity contribution >= 4 is 11.6 Å². The van der Waals surface area contributed by atoms with Crippen LogP contribution in [-0.2, 0) is 6.54 Å². The molecule has 1 unspecified atom stereocenters. The van der Waals surface area contributed by atoms with Crippen LogP contribution < -0.4 is 14.8 Å². The summed E-state index contributed by atoms with van der Waals surface area (Å²) in [7, 11) is 3.40. The molecule has 4 nitrogen and oxygen atoms in total. The lowest BCUT2D eigenvalue weighted by Gasteiger charge is -2.16. The smallest absolute Gasteiger partial charge is 0.165 e. The van der Waals surface area contributed by atoms with Crippen molar-refractivity contribution in [1.82, 2.24) is 5.32 Å². The summed E-state index contributed by atoms with van der Waals surface area (Å²) in [4.78, 5) is 0. The van der Waals surface area contributed by atoms with E-state index in [1.165, 1.54) is 0 Å². The first kappa shape index (κ1) is 14.1. The fraction of sp³-hybridized carbons (Fsp3) is 0.500. The van der Waals surface area contributed by atoms with Gasteiger partial charge in [-0.25, -0.2) is 0 Å². The summed E-state index contributed by atoms with van der Waals surface area (Å²) in [6, 6.07) is 3.51. The Kier molecular flexibility index (Phi) is 5.55. The number of ether oxygens (including phenoxy) is 2. The maximum absolute atomic E-state index is 9.25. The molecular formula is C12H18ClNO3. The third-order valence-corrected chi connectivity index (χ3v) is 2.37. The van der Waals surface area contributed by atoms with Crippen molar-refractivity contribution < 1.29 is 14.6 Å². The molecule has 0 amide bonds. The highest BCUT2D eigenvalue weighted by Crippen LogP contribution is 2.34. The molecule has 1 atom stereocenters. The molecule has 0 bridgehead atoms. The number of hydrogen-bond donors (Lipinski definition) is 2. The van der Waals surface area contributed by atoms with Gasteiger partial charge in [0, 0.05) is 23.2 Å². The van der Waals surface area contributed by atoms with Crippen LogP contribution in [0.3, 0.4) is 0 Å². The van der Waals surface area contributed by atoms with Crippen LogP contribution in [0.15, 0.2) is 12.1 Å². The van der Waals surface area contributed by atoms with Crippen molar-refractivity contribution in [2.75, 3.05) is 20.8 Å². The maximum atomic E-state index is 9.25. The van der Waals surface area contributed by atoms with E-state index in [-0.39, 0.29) is 6.61 Å². The second-order valence-electron chi connectivity index (χ2n) is 3.79. The van der Waals surface area contributed by atoms with Crippen LogP contribution in [-0.4, -0.2) is 32.0 Å². The van der Waals surface area contributed by atoms with Crippen molar-refractivity contribution in [1.29, 1.82) is 0 Å². The molecule has 0 aliphatic heterocycles. The lowest BCUT2D eigenvalue weighted by atomic mass is 10.2. The van der Waals surface area contributed by atoms with Gasteiger partial charge < -0.3 is 19.9 Å². The second-order valence-corrected chi connectivity index (χ2v) is 4.22. The van der Waals surface area contributed by atoms with Crippen molar-refractivity contribution in [3.63, 3.8) is 0 Å². The van der Waals surface area contributed by atoms with Crippen LogP contribution in [0.5, 0.6) is 11.5 Å². The summed E-state index contributed by atoms with van der Waals surface area (Å²) in [5, 5.41) is 12.9. The van der Waals surface area contributed by atoms with Crippen molar-refractivity contribution in [2.24, 2.45) is 0 Å². The molecule has 0 radical (unpaired) electrons. The molecular weight excluding hydrogens is 242 g/mol. The lowest BCUT2D eigenvalue weighted by molar-refractivity contribution is 0.120. The Morgan fingerprint density at radius 1 is 1.47 bits per heavy atom. The average molecular weight is 260 g/mol. The molecule has 0 aliphatic carbocycles. The molecule has 0 saturated heterocycles. The summed E-state index contributed by atoms with van der Waals surface area (Å²) >= 11 is 5.99. The molecule has 0 aliphatic rings. The summed E-state index contributed by atoms with van der Waals surface area (Å²) in [6.45, 7) is 2.50. The zero-order chi connectivity index (χ0) is 12.8. The first-order valence-electron chi connectivity index (χ1n) is 5.40. The van der Waals surface area contributed by atoms with Gasteiger partial charge in [0.15, 0.2) is 11.5 Å². The summed E-state index contributed by atoms with van der Waals surface area (Å²) in [5.41, 5.74) is 0.900. The molecule has 5 heteroatoms. The molecule has 0 heterocycles. The maximum Gasteiger partial charge on any atom is 0.165 e. The molecule has 0 saturated carbocycles. The summed E-state index contributed by atoms with van der Waals surface area (Å²) in [5.74, 6) is 1.19. The monoisotopic (exact) mass is 259 g/mol. The van der Waals surface area contributed by atoms with Crippen molar-refractivity contribution in [2.45, 2.75) is 19.6 Å². The normalized spacial score (nSPS) is 12.3. The number of benzene rings is 1. The van der Waals surface area contributed by atoms with Crippen LogP contribution in [0, 0.1) is 0 Å². The molecule has 0 aromatic heterocycles. The first-order valence-corrected chi connectivity index (χ1v) is 5.78. The number of aliphatic hydroxyl groups is 1. The fourth-order valence-electron chi connectivity index (χ4n) is 1.46. The van der Waals surface area contributed by atoms with Crippen molar-refractivity contribution in [3.05, 3.63) is 22.7 Å². The van der Waals surface area contributed by atoms with E-state index < -0.39 is 6.10 Å². The first-order chi connectivity index (χ1) is 8.08. The number of methoxy groups -OCH3 is 1. The van der Waals surface area contributed by atoms with Crippen molar-refractivity contribution in [3.8, 4) is 11.5 Å². The minimum Gasteiger partial charge on any atom is -0.493 e. The molecule has 1 aromatic carbocycles. The van der Waals surface area contributed by atoms with Gasteiger partial charge in [0.05, 0.1) is 13.2 Å². The van der Waals surface area contributed by atoms with Gasteiger partial charge in [-0.3, -0.25) is 0 Å².